The van der Waals surface area contributed by atoms with Gasteiger partial charge in [0.15, 0.2) is 0 Å². The fourth-order valence-electron chi connectivity index (χ4n) is 2.03. The van der Waals surface area contributed by atoms with Gasteiger partial charge < -0.3 is 0 Å². The summed E-state index contributed by atoms with van der Waals surface area (Å²) < 4.78 is 7.34. The third-order valence-electron chi connectivity index (χ3n) is 2.92. The highest BCUT2D eigenvalue weighted by Gasteiger charge is 2.12. The van der Waals surface area contributed by atoms with Crippen molar-refractivity contribution in [2.45, 2.75) is 13.1 Å². The van der Waals surface area contributed by atoms with Gasteiger partial charge >= 0.3 is 0 Å². The number of hydrogen-bond donors (Lipinski definition) is 0. The van der Waals surface area contributed by atoms with E-state index < -0.39 is 0 Å². The maximum atomic E-state index is 5.90. The normalized spacial score (nSPS) is 13.6. The molecule has 0 N–H and O–H groups in total. The SMILES string of the molecule is S=c1n(-c2ccc(Cl)cc2)c(=S)n2n1CC=CC2. The molecule has 0 aliphatic carbocycles. The van der Waals surface area contributed by atoms with Gasteiger partial charge in [-0.1, -0.05) is 23.8 Å². The van der Waals surface area contributed by atoms with Crippen LogP contribution in [0.3, 0.4) is 0 Å². The van der Waals surface area contributed by atoms with Gasteiger partial charge in [-0.3, -0.25) is 13.9 Å². The summed E-state index contributed by atoms with van der Waals surface area (Å²) in [5, 5.41) is 0.703. The van der Waals surface area contributed by atoms with Crippen molar-refractivity contribution in [3.63, 3.8) is 0 Å². The Hall–Kier alpha value is -1.17. The predicted octanol–water partition coefficient (Wildman–Crippen LogP) is 3.76. The second kappa shape index (κ2) is 4.50. The molecule has 0 atom stereocenters. The Labute approximate surface area is 120 Å². The second-order valence-electron chi connectivity index (χ2n) is 4.01. The van der Waals surface area contributed by atoms with E-state index in [2.05, 4.69) is 12.2 Å². The first-order valence-electron chi connectivity index (χ1n) is 5.52. The lowest BCUT2D eigenvalue weighted by Crippen LogP contribution is -2.15. The third-order valence-corrected chi connectivity index (χ3v) is 3.96. The summed E-state index contributed by atoms with van der Waals surface area (Å²) in [7, 11) is 0. The van der Waals surface area contributed by atoms with E-state index in [-0.39, 0.29) is 0 Å². The number of nitrogens with zero attached hydrogens (tertiary/aromatic N) is 3. The minimum Gasteiger partial charge on any atom is -0.261 e. The summed E-state index contributed by atoms with van der Waals surface area (Å²) in [4.78, 5) is 0. The molecular formula is C12H10ClN3S2. The van der Waals surface area contributed by atoms with Gasteiger partial charge in [-0.15, -0.1) is 0 Å². The van der Waals surface area contributed by atoms with Crippen LogP contribution in [0.4, 0.5) is 0 Å². The monoisotopic (exact) mass is 295 g/mol. The van der Waals surface area contributed by atoms with Crippen LogP contribution in [0.15, 0.2) is 36.4 Å². The van der Waals surface area contributed by atoms with E-state index in [1.165, 1.54) is 0 Å². The van der Waals surface area contributed by atoms with Crippen LogP contribution in [0, 0.1) is 9.54 Å². The van der Waals surface area contributed by atoms with Gasteiger partial charge in [-0.05, 0) is 48.7 Å². The molecule has 92 valence electrons. The van der Waals surface area contributed by atoms with Gasteiger partial charge in [0.25, 0.3) is 0 Å². The molecule has 0 spiro atoms. The maximum absolute atomic E-state index is 5.90. The molecule has 3 nitrogen and oxygen atoms in total. The van der Waals surface area contributed by atoms with E-state index in [4.69, 9.17) is 36.0 Å². The van der Waals surface area contributed by atoms with Crippen molar-refractivity contribution in [2.24, 2.45) is 0 Å². The van der Waals surface area contributed by atoms with Crippen molar-refractivity contribution in [1.82, 2.24) is 13.9 Å². The van der Waals surface area contributed by atoms with E-state index >= 15 is 0 Å². The van der Waals surface area contributed by atoms with Crippen molar-refractivity contribution in [1.29, 1.82) is 0 Å². The Bertz CT molecular complexity index is 695. The molecule has 18 heavy (non-hydrogen) atoms. The zero-order chi connectivity index (χ0) is 12.7. The zero-order valence-electron chi connectivity index (χ0n) is 9.41. The Morgan fingerprint density at radius 3 is 1.89 bits per heavy atom. The van der Waals surface area contributed by atoms with E-state index in [1.807, 2.05) is 38.2 Å². The van der Waals surface area contributed by atoms with Crippen molar-refractivity contribution in [3.05, 3.63) is 51.0 Å². The van der Waals surface area contributed by atoms with Gasteiger partial charge in [0.2, 0.25) is 9.54 Å². The van der Waals surface area contributed by atoms with Crippen LogP contribution in [0.5, 0.6) is 0 Å². The summed E-state index contributed by atoms with van der Waals surface area (Å²) in [6, 6.07) is 7.53. The van der Waals surface area contributed by atoms with Crippen molar-refractivity contribution >= 4 is 36.0 Å². The number of rotatable bonds is 1. The molecule has 0 saturated heterocycles. The number of benzene rings is 1. The van der Waals surface area contributed by atoms with Gasteiger partial charge in [0.1, 0.15) is 0 Å². The summed E-state index contributed by atoms with van der Waals surface area (Å²) in [5.74, 6) is 0. The largest absolute Gasteiger partial charge is 0.261 e. The molecule has 1 aliphatic heterocycles. The highest BCUT2D eigenvalue weighted by atomic mass is 35.5. The first-order valence-corrected chi connectivity index (χ1v) is 6.71. The summed E-state index contributed by atoms with van der Waals surface area (Å²) in [6.45, 7) is 1.53. The van der Waals surface area contributed by atoms with Crippen molar-refractivity contribution < 1.29 is 0 Å². The lowest BCUT2D eigenvalue weighted by Gasteiger charge is -2.10. The molecule has 0 saturated carbocycles. The number of allylic oxidation sites excluding steroid dienone is 2. The third kappa shape index (κ3) is 1.79. The molecule has 6 heteroatoms. The van der Waals surface area contributed by atoms with Gasteiger partial charge in [-0.2, -0.15) is 0 Å². The average molecular weight is 296 g/mol. The fraction of sp³-hybridized carbons (Fsp3) is 0.167. The van der Waals surface area contributed by atoms with Crippen molar-refractivity contribution in [2.75, 3.05) is 0 Å². The lowest BCUT2D eigenvalue weighted by molar-refractivity contribution is 0.496. The molecule has 1 aliphatic rings. The zero-order valence-corrected chi connectivity index (χ0v) is 11.8. The maximum Gasteiger partial charge on any atom is 0.202 e. The first kappa shape index (κ1) is 11.9. The number of fused-ring (bicyclic) bond motifs is 1. The summed E-state index contributed by atoms with van der Waals surface area (Å²) in [5.41, 5.74) is 0.948. The molecule has 3 rings (SSSR count). The number of hydrogen-bond acceptors (Lipinski definition) is 2. The van der Waals surface area contributed by atoms with Crippen LogP contribution in [0.25, 0.3) is 5.69 Å². The molecule has 0 amide bonds. The van der Waals surface area contributed by atoms with E-state index in [0.717, 1.165) is 18.8 Å². The van der Waals surface area contributed by atoms with E-state index in [0.29, 0.717) is 14.6 Å². The van der Waals surface area contributed by atoms with Gasteiger partial charge in [0.05, 0.1) is 18.8 Å². The molecule has 0 unspecified atom stereocenters. The number of aromatic nitrogens is 3. The highest BCUT2D eigenvalue weighted by Crippen LogP contribution is 2.17. The predicted molar refractivity (Wildman–Crippen MR) is 77.6 cm³/mol. The Morgan fingerprint density at radius 1 is 0.889 bits per heavy atom. The lowest BCUT2D eigenvalue weighted by atomic mass is 10.3. The fourth-order valence-corrected chi connectivity index (χ4v) is 2.95. The van der Waals surface area contributed by atoms with Crippen molar-refractivity contribution in [3.8, 4) is 5.69 Å². The molecule has 2 heterocycles. The van der Waals surface area contributed by atoms with Crippen LogP contribution in [0.1, 0.15) is 0 Å². The molecule has 0 radical (unpaired) electrons. The standard InChI is InChI=1S/C12H10ClN3S2/c13-9-3-5-10(6-4-9)16-11(17)14-7-1-2-8-15(14)12(16)18/h1-6H,7-8H2. The molecule has 1 aromatic carbocycles. The van der Waals surface area contributed by atoms with Crippen LogP contribution >= 0.6 is 36.0 Å². The van der Waals surface area contributed by atoms with Gasteiger partial charge in [0, 0.05) is 5.02 Å². The molecule has 0 fully saturated rings. The minimum absolute atomic E-state index is 0.703. The smallest absolute Gasteiger partial charge is 0.202 e. The van der Waals surface area contributed by atoms with Crippen LogP contribution in [0.2, 0.25) is 5.02 Å². The Morgan fingerprint density at radius 2 is 1.39 bits per heavy atom. The van der Waals surface area contributed by atoms with Gasteiger partial charge in [-0.25, -0.2) is 0 Å². The summed E-state index contributed by atoms with van der Waals surface area (Å²) in [6.07, 6.45) is 4.19. The topological polar surface area (TPSA) is 14.8 Å². The average Bonchev–Trinajstić information content (AvgIpc) is 2.64. The van der Waals surface area contributed by atoms with E-state index in [9.17, 15) is 0 Å². The molecule has 1 aromatic heterocycles. The molecular weight excluding hydrogens is 286 g/mol. The minimum atomic E-state index is 0.703. The Balaban J connectivity index is 2.25. The highest BCUT2D eigenvalue weighted by molar-refractivity contribution is 7.72. The first-order chi connectivity index (χ1) is 8.68. The summed E-state index contributed by atoms with van der Waals surface area (Å²) >= 11 is 16.9. The Kier molecular flexibility index (Phi) is 2.97. The van der Waals surface area contributed by atoms with E-state index in [1.54, 1.807) is 0 Å². The van der Waals surface area contributed by atoms with Crippen LogP contribution in [-0.4, -0.2) is 13.9 Å². The number of halogens is 1. The quantitative estimate of drug-likeness (QED) is 0.588. The van der Waals surface area contributed by atoms with Crippen LogP contribution in [-0.2, 0) is 13.1 Å². The second-order valence-corrected chi connectivity index (χ2v) is 5.18. The van der Waals surface area contributed by atoms with Crippen LogP contribution < -0.4 is 0 Å². The molecule has 0 bridgehead atoms. The molecule has 2 aromatic rings.